The number of ether oxygens (including phenoxy) is 2. The van der Waals surface area contributed by atoms with E-state index in [1.807, 2.05) is 49.4 Å². The second kappa shape index (κ2) is 7.55. The molecule has 1 aromatic heterocycles. The molecule has 4 rings (SSSR count). The fourth-order valence-corrected chi connectivity index (χ4v) is 3.33. The van der Waals surface area contributed by atoms with E-state index in [0.29, 0.717) is 6.61 Å². The largest absolute Gasteiger partial charge is 0.456 e. The van der Waals surface area contributed by atoms with Crippen LogP contribution in [0.3, 0.4) is 0 Å². The monoisotopic (exact) mass is 363 g/mol. The Balaban J connectivity index is 1.67. The van der Waals surface area contributed by atoms with Crippen molar-refractivity contribution in [2.45, 2.75) is 19.4 Å². The van der Waals surface area contributed by atoms with Gasteiger partial charge in [0.25, 0.3) is 0 Å². The van der Waals surface area contributed by atoms with Crippen LogP contribution in [0.25, 0.3) is 22.5 Å². The fourth-order valence-electron chi connectivity index (χ4n) is 3.33. The number of aromatic amines is 1. The standard InChI is InChI=1S/C22H25N3O2/c1-15(26-14-8-13-25(2)3)22-23-20-16-9-4-6-11-18(16)27-19-12-7-5-10-17(19)21(20)24-22/h4-7,9-12,15H,8,13-14H2,1-3H3,(H,23,24). The molecule has 0 amide bonds. The lowest BCUT2D eigenvalue weighted by atomic mass is 10.1. The van der Waals surface area contributed by atoms with Gasteiger partial charge in [-0.2, -0.15) is 0 Å². The van der Waals surface area contributed by atoms with Crippen LogP contribution in [0.15, 0.2) is 48.5 Å². The summed E-state index contributed by atoms with van der Waals surface area (Å²) in [6.07, 6.45) is 0.899. The average Bonchev–Trinajstić information content (AvgIpc) is 3.06. The van der Waals surface area contributed by atoms with Crippen molar-refractivity contribution in [3.8, 4) is 34.0 Å². The van der Waals surface area contributed by atoms with E-state index in [9.17, 15) is 0 Å². The van der Waals surface area contributed by atoms with E-state index < -0.39 is 0 Å². The number of aromatic nitrogens is 2. The van der Waals surface area contributed by atoms with Gasteiger partial charge in [0.05, 0.1) is 5.69 Å². The smallest absolute Gasteiger partial charge is 0.136 e. The third-order valence-electron chi connectivity index (χ3n) is 4.74. The maximum atomic E-state index is 6.15. The molecule has 2 aromatic carbocycles. The molecule has 2 heterocycles. The van der Waals surface area contributed by atoms with Gasteiger partial charge in [-0.25, -0.2) is 4.98 Å². The molecule has 5 heteroatoms. The summed E-state index contributed by atoms with van der Waals surface area (Å²) in [5.41, 5.74) is 3.90. The van der Waals surface area contributed by atoms with Gasteiger partial charge in [0.2, 0.25) is 0 Å². The number of para-hydroxylation sites is 2. The summed E-state index contributed by atoms with van der Waals surface area (Å²) in [5.74, 6) is 2.50. The minimum absolute atomic E-state index is 0.0978. The quantitative estimate of drug-likeness (QED) is 0.496. The van der Waals surface area contributed by atoms with Gasteiger partial charge in [-0.15, -0.1) is 0 Å². The number of H-pyrrole nitrogens is 1. The summed E-state index contributed by atoms with van der Waals surface area (Å²) < 4.78 is 12.2. The molecule has 1 atom stereocenters. The van der Waals surface area contributed by atoms with E-state index in [2.05, 4.69) is 30.0 Å². The highest BCUT2D eigenvalue weighted by Crippen LogP contribution is 2.45. The van der Waals surface area contributed by atoms with Crippen LogP contribution in [0, 0.1) is 0 Å². The van der Waals surface area contributed by atoms with E-state index in [-0.39, 0.29) is 6.10 Å². The zero-order valence-corrected chi connectivity index (χ0v) is 16.0. The van der Waals surface area contributed by atoms with Crippen molar-refractivity contribution in [2.75, 3.05) is 27.2 Å². The summed E-state index contributed by atoms with van der Waals surface area (Å²) in [5, 5.41) is 0. The first-order valence-electron chi connectivity index (χ1n) is 9.36. The average molecular weight is 363 g/mol. The van der Waals surface area contributed by atoms with Crippen molar-refractivity contribution in [3.63, 3.8) is 0 Å². The lowest BCUT2D eigenvalue weighted by Gasteiger charge is -2.13. The van der Waals surface area contributed by atoms with Crippen LogP contribution >= 0.6 is 0 Å². The van der Waals surface area contributed by atoms with Gasteiger partial charge in [0, 0.05) is 17.7 Å². The van der Waals surface area contributed by atoms with Crippen molar-refractivity contribution in [1.29, 1.82) is 0 Å². The molecule has 27 heavy (non-hydrogen) atoms. The maximum Gasteiger partial charge on any atom is 0.136 e. The Morgan fingerprint density at radius 1 is 1.04 bits per heavy atom. The van der Waals surface area contributed by atoms with Crippen molar-refractivity contribution in [3.05, 3.63) is 54.4 Å². The Morgan fingerprint density at radius 2 is 1.70 bits per heavy atom. The summed E-state index contributed by atoms with van der Waals surface area (Å²) in [7, 11) is 4.15. The molecular weight excluding hydrogens is 338 g/mol. The Bertz CT molecular complexity index is 870. The number of benzene rings is 2. The van der Waals surface area contributed by atoms with Gasteiger partial charge in [-0.1, -0.05) is 24.3 Å². The zero-order chi connectivity index (χ0) is 18.8. The van der Waals surface area contributed by atoms with Crippen molar-refractivity contribution < 1.29 is 9.47 Å². The topological polar surface area (TPSA) is 50.4 Å². The Hall–Kier alpha value is -2.63. The normalized spacial score (nSPS) is 13.3. The molecule has 140 valence electrons. The maximum absolute atomic E-state index is 6.15. The lowest BCUT2D eigenvalue weighted by Crippen LogP contribution is -2.15. The van der Waals surface area contributed by atoms with Crippen molar-refractivity contribution >= 4 is 0 Å². The van der Waals surface area contributed by atoms with Gasteiger partial charge in [-0.3, -0.25) is 0 Å². The van der Waals surface area contributed by atoms with Crippen LogP contribution in [0.1, 0.15) is 25.3 Å². The summed E-state index contributed by atoms with van der Waals surface area (Å²) in [6, 6.07) is 16.1. The highest BCUT2D eigenvalue weighted by Gasteiger charge is 2.25. The fraction of sp³-hybridized carbons (Fsp3) is 0.318. The number of nitrogens with zero attached hydrogens (tertiary/aromatic N) is 2. The van der Waals surface area contributed by atoms with E-state index in [4.69, 9.17) is 14.5 Å². The van der Waals surface area contributed by atoms with Crippen LogP contribution in [-0.2, 0) is 4.74 Å². The predicted molar refractivity (Wildman–Crippen MR) is 107 cm³/mol. The Morgan fingerprint density at radius 3 is 2.44 bits per heavy atom. The van der Waals surface area contributed by atoms with E-state index >= 15 is 0 Å². The second-order valence-corrected chi connectivity index (χ2v) is 7.11. The first-order valence-corrected chi connectivity index (χ1v) is 9.36. The van der Waals surface area contributed by atoms with Crippen LogP contribution < -0.4 is 4.74 Å². The highest BCUT2D eigenvalue weighted by atomic mass is 16.5. The molecule has 3 aromatic rings. The van der Waals surface area contributed by atoms with Crippen LogP contribution in [-0.4, -0.2) is 42.1 Å². The molecule has 1 N–H and O–H groups in total. The molecule has 0 saturated heterocycles. The third-order valence-corrected chi connectivity index (χ3v) is 4.74. The van der Waals surface area contributed by atoms with E-state index in [0.717, 1.165) is 52.8 Å². The first-order chi connectivity index (χ1) is 13.1. The molecule has 1 aliphatic rings. The van der Waals surface area contributed by atoms with Crippen molar-refractivity contribution in [1.82, 2.24) is 14.9 Å². The van der Waals surface area contributed by atoms with Gasteiger partial charge in [-0.05, 0) is 58.3 Å². The summed E-state index contributed by atoms with van der Waals surface area (Å²) in [4.78, 5) is 10.6. The number of hydrogen-bond donors (Lipinski definition) is 1. The van der Waals surface area contributed by atoms with E-state index in [1.54, 1.807) is 0 Å². The molecule has 0 saturated carbocycles. The molecule has 0 spiro atoms. The number of imidazole rings is 1. The third kappa shape index (κ3) is 3.61. The minimum atomic E-state index is -0.0978. The van der Waals surface area contributed by atoms with Gasteiger partial charge in [0.15, 0.2) is 0 Å². The molecule has 5 nitrogen and oxygen atoms in total. The first kappa shape index (κ1) is 17.8. The SMILES string of the molecule is CC(OCCCN(C)C)c1nc2c([nH]1)-c1ccccc1Oc1ccccc1-2. The molecule has 1 unspecified atom stereocenters. The van der Waals surface area contributed by atoms with Gasteiger partial charge < -0.3 is 19.4 Å². The number of nitrogens with one attached hydrogen (secondary N) is 1. The molecule has 1 aliphatic heterocycles. The number of rotatable bonds is 6. The number of hydrogen-bond acceptors (Lipinski definition) is 4. The summed E-state index contributed by atoms with van der Waals surface area (Å²) >= 11 is 0. The Kier molecular flexibility index (Phi) is 4.97. The van der Waals surface area contributed by atoms with Crippen LogP contribution in [0.4, 0.5) is 0 Å². The highest BCUT2D eigenvalue weighted by molar-refractivity contribution is 5.86. The Labute approximate surface area is 160 Å². The lowest BCUT2D eigenvalue weighted by molar-refractivity contribution is 0.0556. The van der Waals surface area contributed by atoms with Gasteiger partial charge in [0.1, 0.15) is 29.1 Å². The zero-order valence-electron chi connectivity index (χ0n) is 16.0. The second-order valence-electron chi connectivity index (χ2n) is 7.11. The number of fused-ring (bicyclic) bond motifs is 5. The molecule has 0 bridgehead atoms. The van der Waals surface area contributed by atoms with Crippen LogP contribution in [0.5, 0.6) is 11.5 Å². The minimum Gasteiger partial charge on any atom is -0.456 e. The summed E-state index contributed by atoms with van der Waals surface area (Å²) in [6.45, 7) is 3.77. The van der Waals surface area contributed by atoms with Gasteiger partial charge >= 0.3 is 0 Å². The van der Waals surface area contributed by atoms with Crippen molar-refractivity contribution in [2.24, 2.45) is 0 Å². The predicted octanol–water partition coefficient (Wildman–Crippen LogP) is 4.88. The molecule has 0 fully saturated rings. The van der Waals surface area contributed by atoms with Crippen LogP contribution in [0.2, 0.25) is 0 Å². The molecular formula is C22H25N3O2. The molecule has 0 radical (unpaired) electrons. The van der Waals surface area contributed by atoms with E-state index in [1.165, 1.54) is 0 Å². The molecule has 0 aliphatic carbocycles.